The lowest BCUT2D eigenvalue weighted by atomic mass is 9.85. The van der Waals surface area contributed by atoms with Gasteiger partial charge in [0.05, 0.1) is 61.3 Å². The van der Waals surface area contributed by atoms with E-state index < -0.39 is 179 Å². The number of amides is 7. The highest BCUT2D eigenvalue weighted by Gasteiger charge is 2.67. The fourth-order valence-corrected chi connectivity index (χ4v) is 16.6. The molecule has 8 N–H and O–H groups in total. The summed E-state index contributed by atoms with van der Waals surface area (Å²) in [5.74, 6) is -8.09. The Morgan fingerprint density at radius 3 is 1.27 bits per heavy atom. The minimum absolute atomic E-state index is 0. The predicted octanol–water partition coefficient (Wildman–Crippen LogP) is 9.12. The summed E-state index contributed by atoms with van der Waals surface area (Å²) in [5.41, 5.74) is 1.67. The molecule has 6 heterocycles. The van der Waals surface area contributed by atoms with Crippen LogP contribution in [-0.2, 0) is 58.3 Å². The van der Waals surface area contributed by atoms with Crippen LogP contribution in [0.3, 0.4) is 0 Å². The minimum Gasteiger partial charge on any atom is -0.480 e. The van der Waals surface area contributed by atoms with Gasteiger partial charge < -0.3 is 55.5 Å². The van der Waals surface area contributed by atoms with E-state index in [-0.39, 0.29) is 56.5 Å². The lowest BCUT2D eigenvalue weighted by Gasteiger charge is -2.36. The molecular formula is C72H91ClF4N12O17S4. The van der Waals surface area contributed by atoms with Gasteiger partial charge in [-0.05, 0) is 138 Å². The van der Waals surface area contributed by atoms with Crippen LogP contribution in [0.4, 0.5) is 27.2 Å². The number of aliphatic carboxylic acids is 1. The van der Waals surface area contributed by atoms with Crippen molar-refractivity contribution in [2.24, 2.45) is 28.4 Å². The predicted molar refractivity (Wildman–Crippen MR) is 401 cm³/mol. The number of hydrogen-bond donors (Lipinski definition) is 7. The molecule has 29 nitrogen and oxygen atoms in total. The van der Waals surface area contributed by atoms with E-state index in [1.165, 1.54) is 32.5 Å². The van der Waals surface area contributed by atoms with Crippen LogP contribution in [0.25, 0.3) is 43.2 Å². The van der Waals surface area contributed by atoms with Crippen LogP contribution in [-0.4, -0.2) is 194 Å². The number of para-hydroxylation sites is 4. The number of likely N-dealkylation sites (tertiary alicyclic amines) is 2. The quantitative estimate of drug-likeness (QED) is 0.0330. The second-order valence-corrected chi connectivity index (χ2v) is 37.8. The number of halogens is 5. The van der Waals surface area contributed by atoms with E-state index in [1.807, 2.05) is 70.1 Å². The highest BCUT2D eigenvalue weighted by atomic mass is 35.5. The molecule has 4 saturated carbocycles. The van der Waals surface area contributed by atoms with Crippen molar-refractivity contribution in [3.05, 3.63) is 83.6 Å². The summed E-state index contributed by atoms with van der Waals surface area (Å²) in [6, 6.07) is 17.3. The van der Waals surface area contributed by atoms with Crippen molar-refractivity contribution in [2.75, 3.05) is 13.1 Å². The third kappa shape index (κ3) is 20.5. The van der Waals surface area contributed by atoms with Gasteiger partial charge in [-0.25, -0.2) is 68.7 Å². The maximum Gasteiger partial charge on any atom is 0.408 e. The summed E-state index contributed by atoms with van der Waals surface area (Å²) >= 11 is 2.90. The Morgan fingerprint density at radius 2 is 0.936 bits per heavy atom. The standard InChI is InChI=1S/C36H44F2N6O8S2.C28H34N4O6S.C8H12F2N2O3S.ClH/c1-34(2,3)27(41-33(48)52-35(4,5)6)31(46)44-18-19(51-30-26(25-12-9-15-53-25)39-22-10-7-8-11-23(22)40-30)16-24(44)29(45)42-36(17-21(36)28(37)38)32(47)43-54(49,50)20-13-14-20;1-27(2,3)22(31-26(36)38-28(4,5)6)24(33)32-15-16(14-19(32)25(34)35)37-23-21(20-12-9-13-39-20)29-17-10-7-8-11-18(17)30-23;9-6(10)5-3-8(5,11)7(13)12-16(14,15)4-1-2-4;/h7-12,15,19-21,24,27-28H,13-14,16-18H2,1-6H3,(H,41,48)(H,42,45)(H,43,47);7-13,16,19,22H,14-15H2,1-6H3,(H,31,36)(H,34,35);4-6H,1-3,11H2,(H,12,13);1H/t19-,21+,24+,27-,36-;16-,19+,22-;5-,8+;/m110./s1. The molecular weight excluding hydrogens is 1540 g/mol. The number of hydrogen-bond acceptors (Lipinski definition) is 23. The van der Waals surface area contributed by atoms with Crippen molar-refractivity contribution in [1.29, 1.82) is 0 Å². The number of fused-ring (bicyclic) bond motifs is 2. The molecule has 0 unspecified atom stereocenters. The Bertz CT molecular complexity index is 4670. The number of ether oxygens (including phenoxy) is 4. The van der Waals surface area contributed by atoms with Crippen molar-refractivity contribution >= 4 is 125 Å². The molecule has 2 saturated heterocycles. The summed E-state index contributed by atoms with van der Waals surface area (Å²) in [5, 5.41) is 20.1. The van der Waals surface area contributed by atoms with Crippen molar-refractivity contribution in [1.82, 2.24) is 55.1 Å². The number of benzene rings is 2. The third-order valence-electron chi connectivity index (χ3n) is 18.6. The Kier molecular flexibility index (Phi) is 25.3. The molecule has 2 aromatic carbocycles. The average Bonchev–Trinajstić information content (AvgIpc) is 1.56. The van der Waals surface area contributed by atoms with Crippen LogP contribution in [0.1, 0.15) is 134 Å². The summed E-state index contributed by atoms with van der Waals surface area (Å²) in [6.07, 6.45) is -8.06. The van der Waals surface area contributed by atoms with Crippen LogP contribution >= 0.6 is 35.1 Å². The smallest absolute Gasteiger partial charge is 0.408 e. The third-order valence-corrected chi connectivity index (χ3v) is 24.0. The molecule has 6 fully saturated rings. The molecule has 38 heteroatoms. The molecule has 2 aliphatic heterocycles. The van der Waals surface area contributed by atoms with Gasteiger partial charge in [0.1, 0.15) is 70.0 Å². The van der Waals surface area contributed by atoms with Crippen LogP contribution in [0.2, 0.25) is 0 Å². The summed E-state index contributed by atoms with van der Waals surface area (Å²) in [4.78, 5) is 128. The molecule has 10 atom stereocenters. The van der Waals surface area contributed by atoms with Gasteiger partial charge in [0.2, 0.25) is 62.4 Å². The molecule has 0 spiro atoms. The number of carboxylic acids is 1. The lowest BCUT2D eigenvalue weighted by Crippen LogP contribution is -2.60. The second-order valence-electron chi connectivity index (χ2n) is 32.0. The first-order valence-corrected chi connectivity index (χ1v) is 40.1. The SMILES string of the molecule is CC(C)(C)OC(=O)N[C@H](C(=O)N1C[C@H](Oc2nc3ccccc3nc2-c2cccs2)C[C@H]1C(=O)N[C@]1(C(=O)NS(=O)(=O)C2CC2)C[C@H]1C(F)F)C(C)(C)C.CC(C)(C)OC(=O)N[C@H](C(=O)N1C[C@H](Oc2nc3ccccc3nc2-c2cccs2)C[C@H]1C(=O)O)C(C)(C)C.Cl.N[C@]1(C(=O)NS(=O)(=O)C2CC2)C[C@H]1C(F)F. The number of nitrogens with zero attached hydrogens (tertiary/aromatic N) is 6. The number of carbonyl (C=O) groups is 8. The van der Waals surface area contributed by atoms with E-state index in [0.29, 0.717) is 59.1 Å². The van der Waals surface area contributed by atoms with Gasteiger partial charge in [-0.2, -0.15) is 0 Å². The van der Waals surface area contributed by atoms with E-state index in [1.54, 1.807) is 106 Å². The Labute approximate surface area is 647 Å². The summed E-state index contributed by atoms with van der Waals surface area (Å²) in [7, 11) is -7.84. The Morgan fingerprint density at radius 1 is 0.555 bits per heavy atom. The van der Waals surface area contributed by atoms with Gasteiger partial charge in [0.25, 0.3) is 11.8 Å². The number of alkyl carbamates (subject to hydrolysis) is 2. The number of nitrogens with one attached hydrogen (secondary N) is 5. The topological polar surface area (TPSA) is 406 Å². The van der Waals surface area contributed by atoms with Crippen LogP contribution < -0.4 is 40.6 Å². The normalized spacial score (nSPS) is 23.0. The van der Waals surface area contributed by atoms with Crippen LogP contribution in [0.5, 0.6) is 11.8 Å². The zero-order valence-electron chi connectivity index (χ0n) is 62.4. The van der Waals surface area contributed by atoms with Crippen molar-refractivity contribution < 1.29 is 96.8 Å². The van der Waals surface area contributed by atoms with Gasteiger partial charge >= 0.3 is 18.2 Å². The van der Waals surface area contributed by atoms with Gasteiger partial charge in [-0.15, -0.1) is 35.1 Å². The van der Waals surface area contributed by atoms with Crippen molar-refractivity contribution in [3.63, 3.8) is 0 Å². The number of thiophene rings is 2. The first-order chi connectivity index (χ1) is 50.7. The fraction of sp³-hybridized carbons (Fsp3) is 0.556. The average molecular weight is 1640 g/mol. The minimum atomic E-state index is -4.14. The Hall–Kier alpha value is -8.65. The second kappa shape index (κ2) is 32.6. The molecule has 6 aromatic rings. The number of nitrogens with two attached hydrogens (primary N) is 1. The van der Waals surface area contributed by atoms with E-state index >= 15 is 0 Å². The molecule has 4 aliphatic carbocycles. The fourth-order valence-electron chi connectivity index (χ4n) is 12.4. The van der Waals surface area contributed by atoms with Gasteiger partial charge in [-0.3, -0.25) is 33.4 Å². The van der Waals surface area contributed by atoms with Crippen molar-refractivity contribution in [3.8, 4) is 32.9 Å². The van der Waals surface area contributed by atoms with Crippen molar-refractivity contribution in [2.45, 2.75) is 216 Å². The lowest BCUT2D eigenvalue weighted by molar-refractivity contribution is -0.150. The highest BCUT2D eigenvalue weighted by Crippen LogP contribution is 2.49. The maximum absolute atomic E-state index is 14.5. The van der Waals surface area contributed by atoms with Crippen LogP contribution in [0.15, 0.2) is 83.6 Å². The number of alkyl halides is 4. The maximum atomic E-state index is 14.5. The van der Waals surface area contributed by atoms with Gasteiger partial charge in [0, 0.05) is 18.8 Å². The van der Waals surface area contributed by atoms with E-state index in [0.717, 1.165) is 9.75 Å². The molecule has 7 amide bonds. The number of sulfonamides is 2. The van der Waals surface area contributed by atoms with Gasteiger partial charge in [-0.1, -0.05) is 77.9 Å². The van der Waals surface area contributed by atoms with Gasteiger partial charge in [0.15, 0.2) is 0 Å². The molecule has 6 aliphatic rings. The molecule has 0 bridgehead atoms. The molecule has 4 aromatic heterocycles. The van der Waals surface area contributed by atoms with E-state index in [4.69, 9.17) is 39.6 Å². The number of rotatable bonds is 21. The van der Waals surface area contributed by atoms with Crippen LogP contribution in [0, 0.1) is 22.7 Å². The highest BCUT2D eigenvalue weighted by molar-refractivity contribution is 7.91. The first kappa shape index (κ1) is 85.4. The number of carbonyl (C=O) groups excluding carboxylic acids is 7. The van der Waals surface area contributed by atoms with E-state index in [2.05, 4.69) is 20.9 Å². The number of aromatic nitrogens is 4. The van der Waals surface area contributed by atoms with E-state index in [9.17, 15) is 77.9 Å². The molecule has 110 heavy (non-hydrogen) atoms. The molecule has 0 radical (unpaired) electrons. The summed E-state index contributed by atoms with van der Waals surface area (Å²) in [6.45, 7) is 20.5. The molecule has 600 valence electrons. The molecule has 12 rings (SSSR count). The summed E-state index contributed by atoms with van der Waals surface area (Å²) < 4.78 is 128. The number of carboxylic acid groups (broad SMARTS) is 1. The first-order valence-electron chi connectivity index (χ1n) is 35.3. The largest absolute Gasteiger partial charge is 0.480 e. The Balaban J connectivity index is 0.000000215. The zero-order valence-corrected chi connectivity index (χ0v) is 66.5. The monoisotopic (exact) mass is 1630 g/mol. The zero-order chi connectivity index (χ0) is 80.1.